The number of likely N-dealkylation sites (tertiary alicyclic amines) is 1. The molecule has 1 aromatic rings. The van der Waals surface area contributed by atoms with Crippen molar-refractivity contribution < 1.29 is 19.3 Å². The second-order valence-corrected chi connectivity index (χ2v) is 8.84. The van der Waals surface area contributed by atoms with Crippen LogP contribution in [0, 0.1) is 5.92 Å². The van der Waals surface area contributed by atoms with Gasteiger partial charge in [0, 0.05) is 18.2 Å². The first-order chi connectivity index (χ1) is 12.0. The zero-order valence-electron chi connectivity index (χ0n) is 14.7. The van der Waals surface area contributed by atoms with E-state index in [4.69, 9.17) is 4.74 Å². The summed E-state index contributed by atoms with van der Waals surface area (Å²) >= 11 is 0. The molecule has 0 radical (unpaired) electrons. The van der Waals surface area contributed by atoms with Gasteiger partial charge in [-0.3, -0.25) is 4.90 Å². The number of phenolic OH excluding ortho intramolecular Hbond substituents is 1. The zero-order valence-corrected chi connectivity index (χ0v) is 15.5. The fourth-order valence-corrected chi connectivity index (χ4v) is 6.42. The Morgan fingerprint density at radius 1 is 1.23 bits per heavy atom. The molecule has 2 saturated carbocycles. The number of alkyl halides is 1. The summed E-state index contributed by atoms with van der Waals surface area (Å²) in [4.78, 5) is 2.46. The summed E-state index contributed by atoms with van der Waals surface area (Å²) in [6.07, 6.45) is 3.11. The molecule has 4 nitrogen and oxygen atoms in total. The second-order valence-electron chi connectivity index (χ2n) is 8.84. The normalized spacial score (nSPS) is 42.6. The summed E-state index contributed by atoms with van der Waals surface area (Å²) in [6, 6.07) is 3.65. The molecule has 0 amide bonds. The molecule has 5 atom stereocenters. The maximum absolute atomic E-state index is 14.9. The van der Waals surface area contributed by atoms with Crippen LogP contribution < -0.4 is 4.74 Å². The number of halogens is 2. The average molecular weight is 382 g/mol. The third-order valence-electron chi connectivity index (χ3n) is 7.69. The number of hydrogen-bond donors (Lipinski definition) is 2. The smallest absolute Gasteiger partial charge is 0.165 e. The molecule has 3 aliphatic carbocycles. The highest BCUT2D eigenvalue weighted by molar-refractivity contribution is 5.85. The Morgan fingerprint density at radius 2 is 2.04 bits per heavy atom. The largest absolute Gasteiger partial charge is 0.504 e. The van der Waals surface area contributed by atoms with Gasteiger partial charge in [-0.1, -0.05) is 6.07 Å². The molecule has 3 fully saturated rings. The number of nitrogens with zero attached hydrogens (tertiary/aromatic N) is 1. The van der Waals surface area contributed by atoms with Crippen molar-refractivity contribution in [2.75, 3.05) is 13.1 Å². The standard InChI is InChI=1S/C20H24FNO3.ClH/c21-13-5-6-20(24)15-9-12-3-4-14(23)17-16(12)19(20,18(13)25-17)7-8-22(15)10-11-1-2-11;/h3-4,11,13,15,18,23-24H,1-2,5-10H2;1H/t13-,15-,18+,19+,20?;/m1./s1. The summed E-state index contributed by atoms with van der Waals surface area (Å²) < 4.78 is 20.9. The molecular formula is C20H25ClFNO3. The lowest BCUT2D eigenvalue weighted by atomic mass is 9.49. The molecule has 2 N–H and O–H groups in total. The summed E-state index contributed by atoms with van der Waals surface area (Å²) in [7, 11) is 0. The van der Waals surface area contributed by atoms with Gasteiger partial charge < -0.3 is 14.9 Å². The van der Waals surface area contributed by atoms with E-state index in [2.05, 4.69) is 4.90 Å². The van der Waals surface area contributed by atoms with Gasteiger partial charge in [-0.25, -0.2) is 4.39 Å². The highest BCUT2D eigenvalue weighted by Crippen LogP contribution is 2.65. The summed E-state index contributed by atoms with van der Waals surface area (Å²) in [5.41, 5.74) is 0.375. The van der Waals surface area contributed by atoms with E-state index in [9.17, 15) is 14.6 Å². The minimum atomic E-state index is -1.09. The molecule has 2 aliphatic heterocycles. The van der Waals surface area contributed by atoms with E-state index in [-0.39, 0.29) is 24.2 Å². The Balaban J connectivity index is 0.00000150. The monoisotopic (exact) mass is 381 g/mol. The van der Waals surface area contributed by atoms with Crippen molar-refractivity contribution in [3.63, 3.8) is 0 Å². The number of phenols is 1. The van der Waals surface area contributed by atoms with Crippen LogP contribution in [-0.2, 0) is 11.8 Å². The molecule has 142 valence electrons. The van der Waals surface area contributed by atoms with Gasteiger partial charge >= 0.3 is 0 Å². The second kappa shape index (κ2) is 5.27. The van der Waals surface area contributed by atoms with Crippen molar-refractivity contribution in [1.82, 2.24) is 4.90 Å². The first-order valence-electron chi connectivity index (χ1n) is 9.67. The first-order valence-corrected chi connectivity index (χ1v) is 9.67. The van der Waals surface area contributed by atoms with Gasteiger partial charge in [0.1, 0.15) is 12.3 Å². The number of piperidine rings is 1. The van der Waals surface area contributed by atoms with E-state index in [0.29, 0.717) is 25.0 Å². The van der Waals surface area contributed by atoms with Crippen LogP contribution in [0.4, 0.5) is 4.39 Å². The predicted octanol–water partition coefficient (Wildman–Crippen LogP) is 2.72. The number of ether oxygens (including phenoxy) is 1. The van der Waals surface area contributed by atoms with Gasteiger partial charge in [0.25, 0.3) is 0 Å². The highest BCUT2D eigenvalue weighted by Gasteiger charge is 2.73. The van der Waals surface area contributed by atoms with Crippen molar-refractivity contribution in [3.8, 4) is 11.5 Å². The molecule has 6 heteroatoms. The Morgan fingerprint density at radius 3 is 2.81 bits per heavy atom. The van der Waals surface area contributed by atoms with E-state index in [1.54, 1.807) is 6.07 Å². The molecule has 26 heavy (non-hydrogen) atoms. The van der Waals surface area contributed by atoms with E-state index in [1.165, 1.54) is 12.8 Å². The average Bonchev–Trinajstić information content (AvgIpc) is 3.32. The molecule has 2 heterocycles. The molecule has 1 aromatic carbocycles. The number of hydrogen-bond acceptors (Lipinski definition) is 4. The lowest BCUT2D eigenvalue weighted by Crippen LogP contribution is -2.76. The van der Waals surface area contributed by atoms with Crippen LogP contribution in [-0.4, -0.2) is 52.1 Å². The minimum Gasteiger partial charge on any atom is -0.504 e. The quantitative estimate of drug-likeness (QED) is 0.827. The molecule has 5 aliphatic rings. The summed E-state index contributed by atoms with van der Waals surface area (Å²) in [5.74, 6) is 1.28. The van der Waals surface area contributed by atoms with Crippen molar-refractivity contribution in [2.24, 2.45) is 5.92 Å². The molecule has 6 rings (SSSR count). The van der Waals surface area contributed by atoms with Gasteiger partial charge in [0.2, 0.25) is 0 Å². The lowest BCUT2D eigenvalue weighted by molar-refractivity contribution is -0.199. The van der Waals surface area contributed by atoms with Gasteiger partial charge in [-0.2, -0.15) is 0 Å². The van der Waals surface area contributed by atoms with E-state index < -0.39 is 23.3 Å². The van der Waals surface area contributed by atoms with Crippen LogP contribution in [0.2, 0.25) is 0 Å². The van der Waals surface area contributed by atoms with Gasteiger partial charge in [-0.15, -0.1) is 12.4 Å². The summed E-state index contributed by atoms with van der Waals surface area (Å²) in [5, 5.41) is 22.3. The molecular weight excluding hydrogens is 357 g/mol. The van der Waals surface area contributed by atoms with Crippen molar-refractivity contribution in [1.29, 1.82) is 0 Å². The highest BCUT2D eigenvalue weighted by atomic mass is 35.5. The van der Waals surface area contributed by atoms with Crippen molar-refractivity contribution >= 4 is 12.4 Å². The van der Waals surface area contributed by atoms with Crippen LogP contribution in [0.3, 0.4) is 0 Å². The van der Waals surface area contributed by atoms with Crippen molar-refractivity contribution in [3.05, 3.63) is 23.3 Å². The third-order valence-corrected chi connectivity index (χ3v) is 7.69. The first kappa shape index (κ1) is 17.1. The van der Waals surface area contributed by atoms with Gasteiger partial charge in [0.15, 0.2) is 11.5 Å². The lowest BCUT2D eigenvalue weighted by Gasteiger charge is -2.63. The number of rotatable bonds is 2. The van der Waals surface area contributed by atoms with E-state index >= 15 is 0 Å². The van der Waals surface area contributed by atoms with Gasteiger partial charge in [0.05, 0.1) is 11.0 Å². The fourth-order valence-electron chi connectivity index (χ4n) is 6.42. The van der Waals surface area contributed by atoms with Crippen LogP contribution >= 0.6 is 12.4 Å². The van der Waals surface area contributed by atoms with Crippen LogP contribution in [0.15, 0.2) is 12.1 Å². The predicted molar refractivity (Wildman–Crippen MR) is 96.9 cm³/mol. The molecule has 2 bridgehead atoms. The Labute approximate surface area is 158 Å². The molecule has 1 unspecified atom stereocenters. The van der Waals surface area contributed by atoms with Crippen LogP contribution in [0.5, 0.6) is 11.5 Å². The van der Waals surface area contributed by atoms with E-state index in [0.717, 1.165) is 36.6 Å². The zero-order chi connectivity index (χ0) is 17.0. The third kappa shape index (κ3) is 1.82. The maximum atomic E-state index is 14.9. The molecule has 1 saturated heterocycles. The number of aromatic hydroxyl groups is 1. The van der Waals surface area contributed by atoms with Crippen LogP contribution in [0.1, 0.15) is 43.2 Å². The van der Waals surface area contributed by atoms with E-state index in [1.807, 2.05) is 6.07 Å². The van der Waals surface area contributed by atoms with Crippen LogP contribution in [0.25, 0.3) is 0 Å². The fraction of sp³-hybridized carbons (Fsp3) is 0.700. The molecule has 0 aromatic heterocycles. The molecule has 1 spiro atoms. The number of benzene rings is 1. The summed E-state index contributed by atoms with van der Waals surface area (Å²) in [6.45, 7) is 1.93. The number of aliphatic hydroxyl groups is 1. The maximum Gasteiger partial charge on any atom is 0.165 e. The topological polar surface area (TPSA) is 52.9 Å². The Bertz CT molecular complexity index is 772. The SMILES string of the molecule is Cl.Oc1ccc2c3c1O[C@H]1[C@H](F)CCC4(O)[C@@H](C2)N(CC2CC2)CC[C@]314. The Hall–Kier alpha value is -1.04. The van der Waals surface area contributed by atoms with Crippen molar-refractivity contribution in [2.45, 2.75) is 67.9 Å². The van der Waals surface area contributed by atoms with Gasteiger partial charge in [-0.05, 0) is 62.6 Å². The Kier molecular flexibility index (Phi) is 3.46. The minimum absolute atomic E-state index is 0.